The van der Waals surface area contributed by atoms with Crippen LogP contribution >= 0.6 is 0 Å². The fourth-order valence-corrected chi connectivity index (χ4v) is 1.67. The number of rotatable bonds is 1. The molecule has 0 aliphatic heterocycles. The molecule has 2 rings (SSSR count). The van der Waals surface area contributed by atoms with E-state index in [1.165, 1.54) is 0 Å². The molecular formula is C10H13N3O. The van der Waals surface area contributed by atoms with E-state index in [9.17, 15) is 4.79 Å². The van der Waals surface area contributed by atoms with Gasteiger partial charge in [-0.25, -0.2) is 9.78 Å². The van der Waals surface area contributed by atoms with Gasteiger partial charge in [0.1, 0.15) is 0 Å². The molecule has 2 heterocycles. The Balaban J connectivity index is 2.94. The molecule has 0 radical (unpaired) electrons. The number of nitrogens with zero attached hydrogens (tertiary/aromatic N) is 2. The molecule has 4 heteroatoms. The Bertz CT molecular complexity index is 536. The van der Waals surface area contributed by atoms with Crippen LogP contribution in [0.5, 0.6) is 0 Å². The zero-order chi connectivity index (χ0) is 10.3. The molecule has 14 heavy (non-hydrogen) atoms. The summed E-state index contributed by atoms with van der Waals surface area (Å²) in [6, 6.07) is 2.01. The summed E-state index contributed by atoms with van der Waals surface area (Å²) in [5, 5.41) is 0. The quantitative estimate of drug-likeness (QED) is 0.734. The molecule has 74 valence electrons. The topological polar surface area (TPSA) is 50.7 Å². The molecule has 0 amide bonds. The van der Waals surface area contributed by atoms with Crippen molar-refractivity contribution < 1.29 is 0 Å². The standard InChI is InChI=1S/C10H13N3O/c1-4-7-5-6(2)11-9-8(7)12-10(14)13(9)3/h5H,4H2,1-3H3,(H,12,14). The molecule has 2 aromatic rings. The number of pyridine rings is 1. The lowest BCUT2D eigenvalue weighted by Gasteiger charge is -2.01. The SMILES string of the molecule is CCc1cc(C)nc2c1[nH]c(=O)n2C. The summed E-state index contributed by atoms with van der Waals surface area (Å²) >= 11 is 0. The average Bonchev–Trinajstić information content (AvgIpc) is 2.43. The Morgan fingerprint density at radius 1 is 1.57 bits per heavy atom. The maximum atomic E-state index is 11.4. The summed E-state index contributed by atoms with van der Waals surface area (Å²) in [6.45, 7) is 4.01. The van der Waals surface area contributed by atoms with Crippen molar-refractivity contribution in [3.63, 3.8) is 0 Å². The van der Waals surface area contributed by atoms with Gasteiger partial charge in [-0.05, 0) is 25.0 Å². The van der Waals surface area contributed by atoms with E-state index in [0.29, 0.717) is 0 Å². The van der Waals surface area contributed by atoms with E-state index in [-0.39, 0.29) is 5.69 Å². The van der Waals surface area contributed by atoms with Crippen molar-refractivity contribution in [3.8, 4) is 0 Å². The van der Waals surface area contributed by atoms with Gasteiger partial charge in [0.15, 0.2) is 5.65 Å². The van der Waals surface area contributed by atoms with Gasteiger partial charge in [-0.1, -0.05) is 6.92 Å². The van der Waals surface area contributed by atoms with Crippen LogP contribution in [0.15, 0.2) is 10.9 Å². The van der Waals surface area contributed by atoms with Gasteiger partial charge in [0.05, 0.1) is 5.52 Å². The van der Waals surface area contributed by atoms with Crippen LogP contribution in [0.25, 0.3) is 11.2 Å². The van der Waals surface area contributed by atoms with E-state index in [2.05, 4.69) is 16.9 Å². The van der Waals surface area contributed by atoms with Crippen LogP contribution in [0, 0.1) is 6.92 Å². The molecule has 0 fully saturated rings. The van der Waals surface area contributed by atoms with Gasteiger partial charge in [-0.3, -0.25) is 4.57 Å². The van der Waals surface area contributed by atoms with Gasteiger partial charge in [0.25, 0.3) is 0 Å². The highest BCUT2D eigenvalue weighted by molar-refractivity contribution is 5.75. The zero-order valence-corrected chi connectivity index (χ0v) is 8.59. The van der Waals surface area contributed by atoms with Crippen molar-refractivity contribution >= 4 is 11.2 Å². The van der Waals surface area contributed by atoms with Gasteiger partial charge in [0.2, 0.25) is 0 Å². The summed E-state index contributed by atoms with van der Waals surface area (Å²) in [4.78, 5) is 18.5. The third-order valence-corrected chi connectivity index (χ3v) is 2.45. The number of hydrogen-bond donors (Lipinski definition) is 1. The Hall–Kier alpha value is -1.58. The van der Waals surface area contributed by atoms with Crippen molar-refractivity contribution in [1.82, 2.24) is 14.5 Å². The summed E-state index contributed by atoms with van der Waals surface area (Å²) in [7, 11) is 1.73. The Morgan fingerprint density at radius 2 is 2.29 bits per heavy atom. The molecule has 0 saturated carbocycles. The van der Waals surface area contributed by atoms with E-state index in [4.69, 9.17) is 0 Å². The van der Waals surface area contributed by atoms with Crippen molar-refractivity contribution in [2.24, 2.45) is 7.05 Å². The Kier molecular flexibility index (Phi) is 1.91. The van der Waals surface area contributed by atoms with Gasteiger partial charge in [-0.15, -0.1) is 0 Å². The molecule has 0 unspecified atom stereocenters. The number of nitrogens with one attached hydrogen (secondary N) is 1. The summed E-state index contributed by atoms with van der Waals surface area (Å²) in [5.41, 5.74) is 3.60. The molecule has 0 aliphatic carbocycles. The molecule has 0 atom stereocenters. The number of aromatic amines is 1. The van der Waals surface area contributed by atoms with E-state index < -0.39 is 0 Å². The number of imidazole rings is 1. The Morgan fingerprint density at radius 3 is 2.93 bits per heavy atom. The predicted molar refractivity (Wildman–Crippen MR) is 55.4 cm³/mol. The molecule has 0 aliphatic rings. The lowest BCUT2D eigenvalue weighted by atomic mass is 10.1. The number of hydrogen-bond acceptors (Lipinski definition) is 2. The second-order valence-electron chi connectivity index (χ2n) is 3.46. The molecular weight excluding hydrogens is 178 g/mol. The van der Waals surface area contributed by atoms with Crippen molar-refractivity contribution in [1.29, 1.82) is 0 Å². The van der Waals surface area contributed by atoms with Gasteiger partial charge in [-0.2, -0.15) is 0 Å². The summed E-state index contributed by atoms with van der Waals surface area (Å²) in [6.07, 6.45) is 0.903. The second kappa shape index (κ2) is 2.97. The van der Waals surface area contributed by atoms with Crippen LogP contribution in [-0.2, 0) is 13.5 Å². The van der Waals surface area contributed by atoms with Crippen molar-refractivity contribution in [2.45, 2.75) is 20.3 Å². The highest BCUT2D eigenvalue weighted by Gasteiger charge is 2.08. The monoisotopic (exact) mass is 191 g/mol. The zero-order valence-electron chi connectivity index (χ0n) is 8.59. The van der Waals surface area contributed by atoms with Gasteiger partial charge >= 0.3 is 5.69 Å². The van der Waals surface area contributed by atoms with Gasteiger partial charge < -0.3 is 4.98 Å². The van der Waals surface area contributed by atoms with Crippen LogP contribution in [0.4, 0.5) is 0 Å². The van der Waals surface area contributed by atoms with Crippen LogP contribution < -0.4 is 5.69 Å². The van der Waals surface area contributed by atoms with E-state index in [1.807, 2.05) is 13.0 Å². The fraction of sp³-hybridized carbons (Fsp3) is 0.400. The molecule has 0 spiro atoms. The molecule has 1 N–H and O–H groups in total. The lowest BCUT2D eigenvalue weighted by molar-refractivity contribution is 0.876. The lowest BCUT2D eigenvalue weighted by Crippen LogP contribution is -2.12. The van der Waals surface area contributed by atoms with Crippen molar-refractivity contribution in [3.05, 3.63) is 27.8 Å². The highest BCUT2D eigenvalue weighted by atomic mass is 16.1. The van der Waals surface area contributed by atoms with Gasteiger partial charge in [0, 0.05) is 12.7 Å². The number of aromatic nitrogens is 3. The van der Waals surface area contributed by atoms with E-state index >= 15 is 0 Å². The minimum Gasteiger partial charge on any atom is -0.304 e. The molecule has 0 aromatic carbocycles. The largest absolute Gasteiger partial charge is 0.327 e. The normalized spacial score (nSPS) is 11.1. The van der Waals surface area contributed by atoms with Crippen LogP contribution in [0.1, 0.15) is 18.2 Å². The van der Waals surface area contributed by atoms with Crippen LogP contribution in [-0.4, -0.2) is 14.5 Å². The summed E-state index contributed by atoms with van der Waals surface area (Å²) in [5.74, 6) is 0. The first kappa shape index (κ1) is 8.99. The molecule has 0 saturated heterocycles. The maximum absolute atomic E-state index is 11.4. The third-order valence-electron chi connectivity index (χ3n) is 2.45. The van der Waals surface area contributed by atoms with Crippen LogP contribution in [0.3, 0.4) is 0 Å². The van der Waals surface area contributed by atoms with E-state index in [1.54, 1.807) is 11.6 Å². The number of H-pyrrole nitrogens is 1. The first-order chi connectivity index (χ1) is 6.63. The third kappa shape index (κ3) is 1.14. The second-order valence-corrected chi connectivity index (χ2v) is 3.46. The smallest absolute Gasteiger partial charge is 0.304 e. The van der Waals surface area contributed by atoms with E-state index in [0.717, 1.165) is 28.8 Å². The predicted octanol–water partition coefficient (Wildman–Crippen LogP) is 1.13. The number of fused-ring (bicyclic) bond motifs is 1. The molecule has 0 bridgehead atoms. The molecule has 2 aromatic heterocycles. The first-order valence-electron chi connectivity index (χ1n) is 4.68. The number of aryl methyl sites for hydroxylation is 3. The average molecular weight is 191 g/mol. The highest BCUT2D eigenvalue weighted by Crippen LogP contribution is 2.14. The minimum atomic E-state index is -0.104. The van der Waals surface area contributed by atoms with Crippen molar-refractivity contribution in [2.75, 3.05) is 0 Å². The minimum absolute atomic E-state index is 0.104. The summed E-state index contributed by atoms with van der Waals surface area (Å²) < 4.78 is 1.54. The first-order valence-corrected chi connectivity index (χ1v) is 4.68. The maximum Gasteiger partial charge on any atom is 0.327 e. The molecule has 4 nitrogen and oxygen atoms in total. The fourth-order valence-electron chi connectivity index (χ4n) is 1.67. The Labute approximate surface area is 81.6 Å². The van der Waals surface area contributed by atoms with Crippen LogP contribution in [0.2, 0.25) is 0 Å².